The van der Waals surface area contributed by atoms with Crippen LogP contribution < -0.4 is 0 Å². The molecule has 0 spiro atoms. The van der Waals surface area contributed by atoms with Crippen LogP contribution in [0.3, 0.4) is 0 Å². The first kappa shape index (κ1) is 17.0. The van der Waals surface area contributed by atoms with Gasteiger partial charge < -0.3 is 0 Å². The van der Waals surface area contributed by atoms with E-state index in [1.54, 1.807) is 0 Å². The zero-order valence-electron chi connectivity index (χ0n) is 14.0. The van der Waals surface area contributed by atoms with Crippen LogP contribution in [-0.2, 0) is 0 Å². The second kappa shape index (κ2) is 7.11. The minimum atomic E-state index is 0.606. The molecule has 0 N–H and O–H groups in total. The van der Waals surface area contributed by atoms with Crippen molar-refractivity contribution in [3.05, 3.63) is 48.6 Å². The van der Waals surface area contributed by atoms with E-state index >= 15 is 0 Å². The summed E-state index contributed by atoms with van der Waals surface area (Å²) in [5, 5.41) is 0. The van der Waals surface area contributed by atoms with E-state index in [9.17, 15) is 0 Å². The molecule has 0 amide bonds. The lowest BCUT2D eigenvalue weighted by Gasteiger charge is -2.57. The highest BCUT2D eigenvalue weighted by Crippen LogP contribution is 2.60. The van der Waals surface area contributed by atoms with Crippen LogP contribution in [0, 0.1) is 17.3 Å². The maximum atomic E-state index is 4.13. The molecule has 0 heterocycles. The molecular formula is C20H32. The Kier molecular flexibility index (Phi) is 6.05. The minimum absolute atomic E-state index is 0.606. The molecule has 3 saturated carbocycles. The van der Waals surface area contributed by atoms with Crippen molar-refractivity contribution in [3.8, 4) is 0 Å². The fourth-order valence-corrected chi connectivity index (χ4v) is 3.38. The van der Waals surface area contributed by atoms with Crippen LogP contribution in [0.1, 0.15) is 59.8 Å². The summed E-state index contributed by atoms with van der Waals surface area (Å²) in [4.78, 5) is 0. The van der Waals surface area contributed by atoms with E-state index in [0.29, 0.717) is 5.41 Å². The molecule has 0 aromatic rings. The summed E-state index contributed by atoms with van der Waals surface area (Å²) in [6.07, 6.45) is 10.3. The lowest BCUT2D eigenvalue weighted by atomic mass is 9.47. The van der Waals surface area contributed by atoms with Gasteiger partial charge in [0.25, 0.3) is 0 Å². The molecule has 0 nitrogen and oxygen atoms in total. The van der Waals surface area contributed by atoms with E-state index in [1.807, 2.05) is 6.08 Å². The molecule has 3 rings (SSSR count). The molecule has 0 aliphatic heterocycles. The Hall–Kier alpha value is -1.04. The van der Waals surface area contributed by atoms with Gasteiger partial charge >= 0.3 is 0 Å². The summed E-state index contributed by atoms with van der Waals surface area (Å²) in [7, 11) is 0. The first-order valence-corrected chi connectivity index (χ1v) is 7.90. The summed E-state index contributed by atoms with van der Waals surface area (Å²) in [6.45, 7) is 20.6. The van der Waals surface area contributed by atoms with Crippen LogP contribution in [0.2, 0.25) is 0 Å². The van der Waals surface area contributed by atoms with Crippen molar-refractivity contribution in [1.29, 1.82) is 0 Å². The van der Waals surface area contributed by atoms with Crippen molar-refractivity contribution in [2.24, 2.45) is 17.3 Å². The number of allylic oxidation sites excluding steroid dienone is 5. The van der Waals surface area contributed by atoms with Crippen LogP contribution in [-0.4, -0.2) is 0 Å². The van der Waals surface area contributed by atoms with E-state index in [4.69, 9.17) is 0 Å². The Morgan fingerprint density at radius 1 is 1.35 bits per heavy atom. The number of rotatable bonds is 4. The first-order valence-electron chi connectivity index (χ1n) is 7.90. The average Bonchev–Trinajstić information content (AvgIpc) is 2.38. The predicted molar refractivity (Wildman–Crippen MR) is 91.8 cm³/mol. The summed E-state index contributed by atoms with van der Waals surface area (Å²) < 4.78 is 0. The van der Waals surface area contributed by atoms with Gasteiger partial charge in [0.1, 0.15) is 0 Å². The van der Waals surface area contributed by atoms with Gasteiger partial charge in [-0.15, -0.1) is 0 Å². The van der Waals surface area contributed by atoms with Gasteiger partial charge in [0.2, 0.25) is 0 Å². The van der Waals surface area contributed by atoms with E-state index in [2.05, 4.69) is 53.5 Å². The smallest absolute Gasteiger partial charge is 0.0149 e. The highest BCUT2D eigenvalue weighted by Gasteiger charge is 2.51. The van der Waals surface area contributed by atoms with Crippen molar-refractivity contribution in [1.82, 2.24) is 0 Å². The Morgan fingerprint density at radius 2 is 2.00 bits per heavy atom. The zero-order valence-corrected chi connectivity index (χ0v) is 14.0. The zero-order chi connectivity index (χ0) is 15.3. The van der Waals surface area contributed by atoms with E-state index in [-0.39, 0.29) is 0 Å². The van der Waals surface area contributed by atoms with E-state index in [1.165, 1.54) is 30.4 Å². The Bertz CT molecular complexity index is 400. The largest absolute Gasteiger partial charge is 0.0996 e. The topological polar surface area (TPSA) is 0 Å². The first-order chi connectivity index (χ1) is 9.28. The summed E-state index contributed by atoms with van der Waals surface area (Å²) in [5.74, 6) is 1.88. The van der Waals surface area contributed by atoms with Gasteiger partial charge in [-0.25, -0.2) is 0 Å². The number of hydrogen-bond donors (Lipinski definition) is 0. The molecule has 0 aromatic carbocycles. The van der Waals surface area contributed by atoms with Crippen LogP contribution in [0.4, 0.5) is 0 Å². The number of fused-ring (bicyclic) bond motifs is 2. The lowest BCUT2D eigenvalue weighted by Crippen LogP contribution is -2.48. The Morgan fingerprint density at radius 3 is 2.35 bits per heavy atom. The van der Waals surface area contributed by atoms with E-state index in [0.717, 1.165) is 30.3 Å². The average molecular weight is 272 g/mol. The molecule has 20 heavy (non-hydrogen) atoms. The van der Waals surface area contributed by atoms with Gasteiger partial charge in [0.05, 0.1) is 0 Å². The quantitative estimate of drug-likeness (QED) is 0.406. The van der Waals surface area contributed by atoms with Crippen LogP contribution in [0.15, 0.2) is 48.6 Å². The molecule has 0 radical (unpaired) electrons. The summed E-state index contributed by atoms with van der Waals surface area (Å²) in [6, 6.07) is 0. The van der Waals surface area contributed by atoms with E-state index < -0.39 is 0 Å². The summed E-state index contributed by atoms with van der Waals surface area (Å²) in [5.41, 5.74) is 4.62. The van der Waals surface area contributed by atoms with Crippen molar-refractivity contribution in [2.45, 2.75) is 59.8 Å². The molecule has 2 atom stereocenters. The van der Waals surface area contributed by atoms with Gasteiger partial charge in [0, 0.05) is 0 Å². The molecule has 2 bridgehead atoms. The molecule has 112 valence electrons. The maximum absolute atomic E-state index is 4.13. The predicted octanol–water partition coefficient (Wildman–Crippen LogP) is 6.47. The molecule has 0 aromatic heterocycles. The Balaban J connectivity index is 0.000000200. The van der Waals surface area contributed by atoms with Crippen LogP contribution >= 0.6 is 0 Å². The van der Waals surface area contributed by atoms with Gasteiger partial charge in [-0.05, 0) is 63.2 Å². The molecule has 3 aliphatic carbocycles. The van der Waals surface area contributed by atoms with Crippen molar-refractivity contribution in [2.75, 3.05) is 0 Å². The normalized spacial score (nSPS) is 25.7. The summed E-state index contributed by atoms with van der Waals surface area (Å²) >= 11 is 0. The third kappa shape index (κ3) is 4.23. The Labute approximate surface area is 126 Å². The van der Waals surface area contributed by atoms with Crippen LogP contribution in [0.5, 0.6) is 0 Å². The molecule has 3 aliphatic rings. The fraction of sp³-hybridized carbons (Fsp3) is 0.600. The fourth-order valence-electron chi connectivity index (χ4n) is 3.38. The van der Waals surface area contributed by atoms with Crippen molar-refractivity contribution >= 4 is 0 Å². The third-order valence-electron chi connectivity index (χ3n) is 5.08. The van der Waals surface area contributed by atoms with Crippen LogP contribution in [0.25, 0.3) is 0 Å². The highest BCUT2D eigenvalue weighted by atomic mass is 14.6. The monoisotopic (exact) mass is 272 g/mol. The standard InChI is InChI=1S/2C10H16/c1-7-4-5-8-6-9(7)10(8,2)3;1-5-10(4)8-6-7-9(2)3/h8-9H,1,4-6H2,2-3H3;5,7H,1,4,6,8H2,2-3H3. The highest BCUT2D eigenvalue weighted by molar-refractivity contribution is 5.18. The van der Waals surface area contributed by atoms with Crippen molar-refractivity contribution < 1.29 is 0 Å². The van der Waals surface area contributed by atoms with Gasteiger partial charge in [-0.3, -0.25) is 0 Å². The molecule has 0 heteroatoms. The van der Waals surface area contributed by atoms with Gasteiger partial charge in [-0.1, -0.05) is 62.5 Å². The number of hydrogen-bond acceptors (Lipinski definition) is 0. The molecule has 0 saturated heterocycles. The molecule has 2 unspecified atom stereocenters. The van der Waals surface area contributed by atoms with Gasteiger partial charge in [0.15, 0.2) is 0 Å². The van der Waals surface area contributed by atoms with Gasteiger partial charge in [-0.2, -0.15) is 0 Å². The van der Waals surface area contributed by atoms with Crippen molar-refractivity contribution in [3.63, 3.8) is 0 Å². The second-order valence-electron chi connectivity index (χ2n) is 7.19. The minimum Gasteiger partial charge on any atom is -0.0996 e. The lowest BCUT2D eigenvalue weighted by molar-refractivity contribution is -0.0273. The second-order valence-corrected chi connectivity index (χ2v) is 7.19. The molecule has 3 fully saturated rings. The SMILES string of the molecule is C=C1CCC2CC1C2(C)C.C=CC(=C)CCC=C(C)C. The maximum Gasteiger partial charge on any atom is -0.0149 e. The third-order valence-corrected chi connectivity index (χ3v) is 5.08. The molecular weight excluding hydrogens is 240 g/mol.